The van der Waals surface area contributed by atoms with Gasteiger partial charge in [-0.15, -0.1) is 6.58 Å². The normalized spacial score (nSPS) is 15.2. The van der Waals surface area contributed by atoms with Gasteiger partial charge in [0.25, 0.3) is 11.8 Å². The highest BCUT2D eigenvalue weighted by Crippen LogP contribution is 2.38. The summed E-state index contributed by atoms with van der Waals surface area (Å²) in [4.78, 5) is 27.6. The summed E-state index contributed by atoms with van der Waals surface area (Å²) in [7, 11) is 0. The second kappa shape index (κ2) is 12.2. The van der Waals surface area contributed by atoms with Gasteiger partial charge in [0.1, 0.15) is 12.2 Å². The van der Waals surface area contributed by atoms with Crippen molar-refractivity contribution in [3.05, 3.63) is 93.5 Å². The highest BCUT2D eigenvalue weighted by Gasteiger charge is 2.36. The molecule has 0 radical (unpaired) electrons. The number of allylic oxidation sites excluding steroid dienone is 1. The van der Waals surface area contributed by atoms with Crippen LogP contribution in [0, 0.1) is 0 Å². The largest absolute Gasteiger partial charge is 0.490 e. The lowest BCUT2D eigenvalue weighted by atomic mass is 10.0. The van der Waals surface area contributed by atoms with Crippen molar-refractivity contribution < 1.29 is 28.5 Å². The summed E-state index contributed by atoms with van der Waals surface area (Å²) in [5.41, 5.74) is 2.30. The number of benzene rings is 3. The Labute approximate surface area is 252 Å². The molecule has 0 bridgehead atoms. The number of hydrogen-bond donors (Lipinski definition) is 1. The number of ether oxygens (including phenoxy) is 4. The van der Waals surface area contributed by atoms with E-state index in [1.807, 2.05) is 31.2 Å². The summed E-state index contributed by atoms with van der Waals surface area (Å²) in [6, 6.07) is 13.9. The third-order valence-corrected chi connectivity index (χ3v) is 7.32. The number of nitrogens with one attached hydrogen (secondary N) is 1. The molecule has 2 heterocycles. The Morgan fingerprint density at radius 3 is 2.68 bits per heavy atom. The Bertz CT molecular complexity index is 1610. The lowest BCUT2D eigenvalue weighted by molar-refractivity contribution is -0.122. The lowest BCUT2D eigenvalue weighted by Crippen LogP contribution is -2.54. The Morgan fingerprint density at radius 1 is 1.10 bits per heavy atom. The van der Waals surface area contributed by atoms with Gasteiger partial charge in [-0.25, -0.2) is 0 Å². The van der Waals surface area contributed by atoms with E-state index in [-0.39, 0.29) is 39.8 Å². The topological polar surface area (TPSA) is 86.3 Å². The van der Waals surface area contributed by atoms with Crippen LogP contribution in [0.15, 0.2) is 66.8 Å². The number of carbonyl (C=O) groups is 2. The fourth-order valence-electron chi connectivity index (χ4n) is 4.39. The predicted octanol–water partition coefficient (Wildman–Crippen LogP) is 6.26. The third-order valence-electron chi connectivity index (χ3n) is 6.22. The van der Waals surface area contributed by atoms with E-state index in [4.69, 9.17) is 54.4 Å². The smallest absolute Gasteiger partial charge is 0.270 e. The van der Waals surface area contributed by atoms with Crippen LogP contribution in [0.2, 0.25) is 10.0 Å². The fraction of sp³-hybridized carbons (Fsp3) is 0.167. The Balaban J connectivity index is 1.49. The fourth-order valence-corrected chi connectivity index (χ4v) is 5.05. The van der Waals surface area contributed by atoms with Crippen LogP contribution in [0.1, 0.15) is 23.6 Å². The number of anilines is 1. The molecule has 5 rings (SSSR count). The molecular formula is C30H24Cl2N2O6S. The van der Waals surface area contributed by atoms with E-state index in [1.165, 1.54) is 6.08 Å². The minimum atomic E-state index is -0.644. The molecule has 3 aromatic carbocycles. The van der Waals surface area contributed by atoms with Crippen LogP contribution in [-0.4, -0.2) is 30.3 Å². The molecule has 2 amide bonds. The van der Waals surface area contributed by atoms with E-state index < -0.39 is 11.8 Å². The van der Waals surface area contributed by atoms with E-state index in [0.29, 0.717) is 41.6 Å². The van der Waals surface area contributed by atoms with E-state index in [9.17, 15) is 9.59 Å². The van der Waals surface area contributed by atoms with Gasteiger partial charge >= 0.3 is 0 Å². The molecule has 0 atom stereocenters. The lowest BCUT2D eigenvalue weighted by Gasteiger charge is -2.29. The predicted molar refractivity (Wildman–Crippen MR) is 161 cm³/mol. The SMILES string of the molecule is C=CCc1cc(/C=C2\C(=O)NC(=S)N(c3cccc(Cl)c3Cl)C2=O)cc(OCC)c1OCc1ccc2c(c1)OCO2. The van der Waals surface area contributed by atoms with Crippen molar-refractivity contribution in [3.8, 4) is 23.0 Å². The first kappa shape index (κ1) is 28.5. The van der Waals surface area contributed by atoms with Crippen molar-refractivity contribution in [1.29, 1.82) is 0 Å². The summed E-state index contributed by atoms with van der Waals surface area (Å²) >= 11 is 17.8. The highest BCUT2D eigenvalue weighted by atomic mass is 35.5. The van der Waals surface area contributed by atoms with Crippen LogP contribution in [0.25, 0.3) is 6.08 Å². The highest BCUT2D eigenvalue weighted by molar-refractivity contribution is 7.80. The Hall–Kier alpha value is -4.05. The summed E-state index contributed by atoms with van der Waals surface area (Å²) in [5.74, 6) is 1.04. The first-order valence-electron chi connectivity index (χ1n) is 12.6. The number of rotatable bonds is 9. The number of nitrogens with zero attached hydrogens (tertiary/aromatic N) is 1. The molecule has 0 spiro atoms. The van der Waals surface area contributed by atoms with Gasteiger partial charge in [0.2, 0.25) is 6.79 Å². The number of carbonyl (C=O) groups excluding carboxylic acids is 2. The molecule has 1 N–H and O–H groups in total. The second-order valence-corrected chi connectivity index (χ2v) is 10.1. The zero-order chi connectivity index (χ0) is 29.1. The third kappa shape index (κ3) is 5.88. The number of hydrogen-bond acceptors (Lipinski definition) is 7. The van der Waals surface area contributed by atoms with Crippen molar-refractivity contribution in [2.45, 2.75) is 20.0 Å². The average Bonchev–Trinajstić information content (AvgIpc) is 3.41. The minimum Gasteiger partial charge on any atom is -0.490 e. The van der Waals surface area contributed by atoms with Crippen molar-refractivity contribution in [2.24, 2.45) is 0 Å². The van der Waals surface area contributed by atoms with Crippen molar-refractivity contribution in [1.82, 2.24) is 5.32 Å². The molecule has 0 aromatic heterocycles. The van der Waals surface area contributed by atoms with Gasteiger partial charge in [-0.1, -0.05) is 41.4 Å². The zero-order valence-corrected chi connectivity index (χ0v) is 24.2. The molecular weight excluding hydrogens is 587 g/mol. The van der Waals surface area contributed by atoms with Gasteiger partial charge in [-0.3, -0.25) is 19.8 Å². The molecule has 1 fully saturated rings. The maximum absolute atomic E-state index is 13.6. The summed E-state index contributed by atoms with van der Waals surface area (Å²) < 4.78 is 23.0. The van der Waals surface area contributed by atoms with Crippen LogP contribution >= 0.6 is 35.4 Å². The van der Waals surface area contributed by atoms with Crippen molar-refractivity contribution in [3.63, 3.8) is 0 Å². The molecule has 11 heteroatoms. The van der Waals surface area contributed by atoms with Crippen molar-refractivity contribution >= 4 is 64.1 Å². The number of thiocarbonyl (C=S) groups is 1. The van der Waals surface area contributed by atoms with Crippen LogP contribution in [0.3, 0.4) is 0 Å². The van der Waals surface area contributed by atoms with E-state index in [2.05, 4.69) is 11.9 Å². The van der Waals surface area contributed by atoms with Crippen LogP contribution in [0.5, 0.6) is 23.0 Å². The monoisotopic (exact) mass is 610 g/mol. The first-order chi connectivity index (χ1) is 19.8. The van der Waals surface area contributed by atoms with Gasteiger partial charge in [0.15, 0.2) is 28.1 Å². The molecule has 8 nitrogen and oxygen atoms in total. The van der Waals surface area contributed by atoms with Gasteiger partial charge in [-0.05, 0) is 79.2 Å². The van der Waals surface area contributed by atoms with E-state index >= 15 is 0 Å². The quantitative estimate of drug-likeness (QED) is 0.132. The van der Waals surface area contributed by atoms with Gasteiger partial charge in [0.05, 0.1) is 22.3 Å². The number of fused-ring (bicyclic) bond motifs is 1. The minimum absolute atomic E-state index is 0.101. The van der Waals surface area contributed by atoms with Crippen LogP contribution in [0.4, 0.5) is 5.69 Å². The van der Waals surface area contributed by atoms with Gasteiger partial charge in [-0.2, -0.15) is 0 Å². The maximum Gasteiger partial charge on any atom is 0.270 e. The van der Waals surface area contributed by atoms with Crippen LogP contribution in [-0.2, 0) is 22.6 Å². The van der Waals surface area contributed by atoms with Crippen LogP contribution < -0.4 is 29.2 Å². The van der Waals surface area contributed by atoms with E-state index in [1.54, 1.807) is 30.3 Å². The average molecular weight is 612 g/mol. The van der Waals surface area contributed by atoms with Crippen molar-refractivity contribution in [2.75, 3.05) is 18.3 Å². The zero-order valence-electron chi connectivity index (χ0n) is 21.9. The van der Waals surface area contributed by atoms with E-state index in [0.717, 1.165) is 16.0 Å². The first-order valence-corrected chi connectivity index (χ1v) is 13.7. The molecule has 2 aliphatic rings. The van der Waals surface area contributed by atoms with Gasteiger partial charge in [0, 0.05) is 5.56 Å². The number of halogens is 2. The molecule has 210 valence electrons. The summed E-state index contributed by atoms with van der Waals surface area (Å²) in [6.45, 7) is 6.51. The standard InChI is InChI=1S/C30H24Cl2N2O6S/c1-3-6-19-11-18(12-20-28(35)33-30(41)34(29(20)36)22-8-5-7-21(31)26(22)32)14-25(37-4-2)27(19)38-15-17-9-10-23-24(13-17)40-16-39-23/h3,5,7-14H,1,4,6,15-16H2,2H3,(H,33,35,41)/b20-12+. The molecule has 1 saturated heterocycles. The molecule has 3 aromatic rings. The molecule has 2 aliphatic heterocycles. The molecule has 0 saturated carbocycles. The summed E-state index contributed by atoms with van der Waals surface area (Å²) in [5, 5.41) is 2.84. The second-order valence-electron chi connectivity index (χ2n) is 8.94. The summed E-state index contributed by atoms with van der Waals surface area (Å²) in [6.07, 6.45) is 3.65. The Kier molecular flexibility index (Phi) is 8.49. The molecule has 0 aliphatic carbocycles. The molecule has 41 heavy (non-hydrogen) atoms. The number of amides is 2. The Morgan fingerprint density at radius 2 is 1.90 bits per heavy atom. The van der Waals surface area contributed by atoms with Gasteiger partial charge < -0.3 is 18.9 Å². The molecule has 0 unspecified atom stereocenters. The maximum atomic E-state index is 13.6.